The standard InChI is InChI=1S/C31H37NO4/c1-24(15-22-31(34)35)32-30(33)14-8-13-27(17-16-25-9-4-2-5-10-25)28-18-20-29(21-19-28)36-23-26-11-6-3-7-12-26/h2-7,9-12,18-21,24,27H,8,13-17,22-23H2,1H3,(H,32,33)(H,34,35)/t24-,27?/m0/s1. The van der Waals surface area contributed by atoms with Crippen LogP contribution in [0.1, 0.15) is 68.1 Å². The summed E-state index contributed by atoms with van der Waals surface area (Å²) in [5.74, 6) is 0.331. The number of aliphatic carboxylic acids is 1. The molecule has 0 saturated carbocycles. The number of nitrogens with one attached hydrogen (secondary N) is 1. The molecule has 36 heavy (non-hydrogen) atoms. The Morgan fingerprint density at radius 1 is 0.806 bits per heavy atom. The summed E-state index contributed by atoms with van der Waals surface area (Å²) >= 11 is 0. The molecule has 0 spiro atoms. The first-order valence-electron chi connectivity index (χ1n) is 12.8. The van der Waals surface area contributed by atoms with Crippen LogP contribution in [0, 0.1) is 0 Å². The SMILES string of the molecule is C[C@@H](CCC(=O)O)NC(=O)CCCC(CCc1ccccc1)c1ccc(OCc2ccccc2)cc1. The number of rotatable bonds is 15. The summed E-state index contributed by atoms with van der Waals surface area (Å²) in [7, 11) is 0. The summed E-state index contributed by atoms with van der Waals surface area (Å²) in [5.41, 5.74) is 3.71. The number of amides is 1. The molecule has 2 N–H and O–H groups in total. The van der Waals surface area contributed by atoms with Crippen molar-refractivity contribution >= 4 is 11.9 Å². The lowest BCUT2D eigenvalue weighted by molar-refractivity contribution is -0.137. The van der Waals surface area contributed by atoms with Gasteiger partial charge in [0, 0.05) is 18.9 Å². The van der Waals surface area contributed by atoms with Crippen molar-refractivity contribution < 1.29 is 19.4 Å². The topological polar surface area (TPSA) is 75.6 Å². The van der Waals surface area contributed by atoms with Gasteiger partial charge in [-0.15, -0.1) is 0 Å². The molecule has 190 valence electrons. The van der Waals surface area contributed by atoms with E-state index in [0.717, 1.165) is 37.0 Å². The molecule has 0 fully saturated rings. The summed E-state index contributed by atoms with van der Waals surface area (Å²) in [6.07, 6.45) is 4.63. The van der Waals surface area contributed by atoms with Crippen molar-refractivity contribution in [2.24, 2.45) is 0 Å². The highest BCUT2D eigenvalue weighted by molar-refractivity contribution is 5.76. The highest BCUT2D eigenvalue weighted by atomic mass is 16.5. The summed E-state index contributed by atoms with van der Waals surface area (Å²) in [6, 6.07) is 28.8. The highest BCUT2D eigenvalue weighted by Gasteiger charge is 2.15. The van der Waals surface area contributed by atoms with Gasteiger partial charge in [0.05, 0.1) is 0 Å². The molecule has 1 unspecified atom stereocenters. The molecule has 2 atom stereocenters. The van der Waals surface area contributed by atoms with E-state index in [0.29, 0.717) is 25.4 Å². The minimum Gasteiger partial charge on any atom is -0.489 e. The summed E-state index contributed by atoms with van der Waals surface area (Å²) in [6.45, 7) is 2.39. The molecular weight excluding hydrogens is 450 g/mol. The molecule has 0 aromatic heterocycles. The van der Waals surface area contributed by atoms with Crippen molar-refractivity contribution in [3.63, 3.8) is 0 Å². The maximum Gasteiger partial charge on any atom is 0.303 e. The third-order valence-corrected chi connectivity index (χ3v) is 6.38. The predicted octanol–water partition coefficient (Wildman–Crippen LogP) is 6.52. The monoisotopic (exact) mass is 487 g/mol. The molecule has 0 saturated heterocycles. The van der Waals surface area contributed by atoms with Crippen LogP contribution in [-0.4, -0.2) is 23.0 Å². The molecule has 5 nitrogen and oxygen atoms in total. The third kappa shape index (κ3) is 9.95. The van der Waals surface area contributed by atoms with Crippen LogP contribution in [0.2, 0.25) is 0 Å². The Bertz CT molecular complexity index is 1050. The van der Waals surface area contributed by atoms with E-state index in [-0.39, 0.29) is 18.4 Å². The van der Waals surface area contributed by atoms with Gasteiger partial charge in [-0.1, -0.05) is 72.8 Å². The summed E-state index contributed by atoms with van der Waals surface area (Å²) in [5, 5.41) is 11.7. The lowest BCUT2D eigenvalue weighted by Gasteiger charge is -2.19. The Morgan fingerprint density at radius 3 is 2.08 bits per heavy atom. The quantitative estimate of drug-likeness (QED) is 0.256. The lowest BCUT2D eigenvalue weighted by atomic mass is 9.88. The second-order valence-electron chi connectivity index (χ2n) is 9.36. The van der Waals surface area contributed by atoms with Gasteiger partial charge in [0.2, 0.25) is 5.91 Å². The van der Waals surface area contributed by atoms with E-state index in [9.17, 15) is 9.59 Å². The minimum atomic E-state index is -0.839. The fraction of sp³-hybridized carbons (Fsp3) is 0.355. The smallest absolute Gasteiger partial charge is 0.303 e. The van der Waals surface area contributed by atoms with Crippen LogP contribution in [0.15, 0.2) is 84.9 Å². The van der Waals surface area contributed by atoms with Crippen LogP contribution < -0.4 is 10.1 Å². The van der Waals surface area contributed by atoms with E-state index in [1.165, 1.54) is 11.1 Å². The van der Waals surface area contributed by atoms with Crippen LogP contribution in [0.4, 0.5) is 0 Å². The number of benzene rings is 3. The van der Waals surface area contributed by atoms with Crippen LogP contribution in [0.25, 0.3) is 0 Å². The molecule has 3 aromatic carbocycles. The van der Waals surface area contributed by atoms with Crippen LogP contribution in [-0.2, 0) is 22.6 Å². The van der Waals surface area contributed by atoms with Gasteiger partial charge in [-0.05, 0) is 73.8 Å². The zero-order valence-electron chi connectivity index (χ0n) is 21.1. The van der Waals surface area contributed by atoms with Gasteiger partial charge in [-0.3, -0.25) is 9.59 Å². The molecule has 0 aliphatic carbocycles. The number of ether oxygens (including phenoxy) is 1. The van der Waals surface area contributed by atoms with Gasteiger partial charge in [0.25, 0.3) is 0 Å². The van der Waals surface area contributed by atoms with Gasteiger partial charge < -0.3 is 15.2 Å². The van der Waals surface area contributed by atoms with E-state index < -0.39 is 5.97 Å². The summed E-state index contributed by atoms with van der Waals surface area (Å²) < 4.78 is 5.95. The highest BCUT2D eigenvalue weighted by Crippen LogP contribution is 2.29. The molecule has 0 radical (unpaired) electrons. The second-order valence-corrected chi connectivity index (χ2v) is 9.36. The van der Waals surface area contributed by atoms with Gasteiger partial charge in [-0.25, -0.2) is 0 Å². The Hall–Kier alpha value is -3.60. The fourth-order valence-electron chi connectivity index (χ4n) is 4.31. The van der Waals surface area contributed by atoms with Crippen LogP contribution >= 0.6 is 0 Å². The zero-order valence-corrected chi connectivity index (χ0v) is 21.1. The van der Waals surface area contributed by atoms with Crippen molar-refractivity contribution in [1.82, 2.24) is 5.32 Å². The van der Waals surface area contributed by atoms with E-state index in [2.05, 4.69) is 53.8 Å². The molecule has 0 heterocycles. The van der Waals surface area contributed by atoms with Crippen molar-refractivity contribution in [2.75, 3.05) is 0 Å². The number of carboxylic acids is 1. The normalized spacial score (nSPS) is 12.5. The number of carboxylic acid groups (broad SMARTS) is 1. The van der Waals surface area contributed by atoms with Gasteiger partial charge in [0.1, 0.15) is 12.4 Å². The second kappa shape index (κ2) is 14.7. The number of carbonyl (C=O) groups excluding carboxylic acids is 1. The van der Waals surface area contributed by atoms with Crippen LogP contribution in [0.3, 0.4) is 0 Å². The van der Waals surface area contributed by atoms with Crippen molar-refractivity contribution in [3.8, 4) is 5.75 Å². The first-order chi connectivity index (χ1) is 17.5. The number of aryl methyl sites for hydroxylation is 1. The molecule has 1 amide bonds. The van der Waals surface area contributed by atoms with E-state index in [1.54, 1.807) is 0 Å². The molecule has 0 aliphatic heterocycles. The number of carbonyl (C=O) groups is 2. The van der Waals surface area contributed by atoms with Gasteiger partial charge in [0.15, 0.2) is 0 Å². The molecule has 3 aromatic rings. The number of hydrogen-bond acceptors (Lipinski definition) is 3. The third-order valence-electron chi connectivity index (χ3n) is 6.38. The van der Waals surface area contributed by atoms with Gasteiger partial charge >= 0.3 is 5.97 Å². The number of hydrogen-bond donors (Lipinski definition) is 2. The lowest BCUT2D eigenvalue weighted by Crippen LogP contribution is -2.32. The molecule has 0 aliphatic rings. The predicted molar refractivity (Wildman–Crippen MR) is 143 cm³/mol. The Balaban J connectivity index is 1.55. The Kier molecular flexibility index (Phi) is 11.0. The van der Waals surface area contributed by atoms with Crippen molar-refractivity contribution in [1.29, 1.82) is 0 Å². The van der Waals surface area contributed by atoms with E-state index in [4.69, 9.17) is 9.84 Å². The molecule has 3 rings (SSSR count). The largest absolute Gasteiger partial charge is 0.489 e. The Morgan fingerprint density at radius 2 is 1.44 bits per heavy atom. The molecule has 5 heteroatoms. The molecule has 0 bridgehead atoms. The average Bonchev–Trinajstić information content (AvgIpc) is 2.90. The maximum atomic E-state index is 12.4. The van der Waals surface area contributed by atoms with Crippen molar-refractivity contribution in [2.45, 2.75) is 70.4 Å². The minimum absolute atomic E-state index is 0.0145. The maximum absolute atomic E-state index is 12.4. The molecular formula is C31H37NO4. The van der Waals surface area contributed by atoms with Crippen LogP contribution in [0.5, 0.6) is 5.75 Å². The van der Waals surface area contributed by atoms with E-state index in [1.807, 2.05) is 43.3 Å². The average molecular weight is 488 g/mol. The van der Waals surface area contributed by atoms with Gasteiger partial charge in [-0.2, -0.15) is 0 Å². The van der Waals surface area contributed by atoms with Crippen molar-refractivity contribution in [3.05, 3.63) is 102 Å². The zero-order chi connectivity index (χ0) is 25.6. The first kappa shape index (κ1) is 27.0. The first-order valence-corrected chi connectivity index (χ1v) is 12.8. The Labute approximate surface area is 214 Å². The van der Waals surface area contributed by atoms with E-state index >= 15 is 0 Å². The fourth-order valence-corrected chi connectivity index (χ4v) is 4.31. The summed E-state index contributed by atoms with van der Waals surface area (Å²) in [4.78, 5) is 23.1.